The van der Waals surface area contributed by atoms with E-state index >= 15 is 0 Å². The van der Waals surface area contributed by atoms with Gasteiger partial charge in [0.15, 0.2) is 29.0 Å². The SMILES string of the molecule is CC(=O)C(=O)[O-].CC(=O)C(=O)[O-].CC(=O)C(=O)[O-].CC(=O)C(=O)[O-].CCCCOC(OCCCC)(OCCCC)C(=N)N.[Zr+4]. The Labute approximate surface area is 275 Å². The van der Waals surface area contributed by atoms with Gasteiger partial charge in [0.05, 0.1) is 19.8 Å². The molecule has 0 spiro atoms. The average Bonchev–Trinajstić information content (AvgIpc) is 2.89. The summed E-state index contributed by atoms with van der Waals surface area (Å²) in [5, 5.41) is 44.7. The predicted molar refractivity (Wildman–Crippen MR) is 140 cm³/mol. The molecule has 0 aliphatic carbocycles. The number of nitrogens with one attached hydrogen (secondary N) is 1. The minimum atomic E-state index is -1.63. The summed E-state index contributed by atoms with van der Waals surface area (Å²) in [6.07, 6.45) is 5.71. The van der Waals surface area contributed by atoms with E-state index in [1.54, 1.807) is 0 Å². The van der Waals surface area contributed by atoms with Crippen LogP contribution in [-0.4, -0.2) is 78.6 Å². The van der Waals surface area contributed by atoms with Crippen molar-refractivity contribution < 1.29 is 99.2 Å². The molecule has 0 unspecified atom stereocenters. The summed E-state index contributed by atoms with van der Waals surface area (Å²) < 4.78 is 16.9. The third kappa shape index (κ3) is 40.9. The Bertz CT molecular complexity index is 737. The maximum Gasteiger partial charge on any atom is 4.00 e. The van der Waals surface area contributed by atoms with Gasteiger partial charge in [-0.25, -0.2) is 0 Å². The zero-order valence-electron chi connectivity index (χ0n) is 26.1. The number of unbranched alkanes of at least 4 members (excludes halogenated alkanes) is 3. The van der Waals surface area contributed by atoms with Crippen LogP contribution in [-0.2, 0) is 78.8 Å². The van der Waals surface area contributed by atoms with Gasteiger partial charge in [-0.3, -0.25) is 24.6 Å². The molecule has 0 fully saturated rings. The van der Waals surface area contributed by atoms with Crippen molar-refractivity contribution in [2.75, 3.05) is 19.8 Å². The van der Waals surface area contributed by atoms with E-state index in [2.05, 4.69) is 20.8 Å². The molecule has 0 aliphatic rings. The van der Waals surface area contributed by atoms with E-state index < -0.39 is 53.0 Å². The Hall–Kier alpha value is -3.21. The molecule has 0 radical (unpaired) electrons. The third-order valence-corrected chi connectivity index (χ3v) is 3.85. The number of Topliss-reactive ketones (excluding diaryl/α,β-unsaturated/α-hetero) is 4. The van der Waals surface area contributed by atoms with Gasteiger partial charge in [-0.15, -0.1) is 0 Å². The Kier molecular flexibility index (Phi) is 41.6. The number of hydrogen-bond donors (Lipinski definition) is 2. The number of carboxylic acids is 4. The molecular weight excluding hydrogens is 672 g/mol. The number of carbonyl (C=O) groups excluding carboxylic acids is 8. The molecule has 3 N–H and O–H groups in total. The van der Waals surface area contributed by atoms with Crippen LogP contribution < -0.4 is 26.2 Å². The van der Waals surface area contributed by atoms with E-state index in [1.165, 1.54) is 0 Å². The molecular formula is C26H42N2O15Zr. The number of ether oxygens (including phenoxy) is 3. The topological polar surface area (TPSA) is 306 Å². The van der Waals surface area contributed by atoms with Crippen molar-refractivity contribution in [3.63, 3.8) is 0 Å². The molecule has 0 heterocycles. The molecule has 0 amide bonds. The number of ketones is 4. The van der Waals surface area contributed by atoms with Crippen LogP contribution in [0.5, 0.6) is 0 Å². The first-order valence-electron chi connectivity index (χ1n) is 12.8. The molecule has 0 aliphatic heterocycles. The molecule has 44 heavy (non-hydrogen) atoms. The van der Waals surface area contributed by atoms with Gasteiger partial charge in [0.2, 0.25) is 0 Å². The second kappa shape index (κ2) is 34.3. The molecule has 0 rings (SSSR count). The van der Waals surface area contributed by atoms with Crippen LogP contribution in [0.4, 0.5) is 0 Å². The first kappa shape index (κ1) is 53.4. The normalized spacial score (nSPS) is 9.16. The summed E-state index contributed by atoms with van der Waals surface area (Å²) in [6.45, 7) is 11.4. The summed E-state index contributed by atoms with van der Waals surface area (Å²) in [7, 11) is 0. The number of nitrogens with two attached hydrogens (primary N) is 1. The molecule has 250 valence electrons. The second-order valence-corrected chi connectivity index (χ2v) is 7.95. The van der Waals surface area contributed by atoms with Gasteiger partial charge in [0.1, 0.15) is 23.9 Å². The second-order valence-electron chi connectivity index (χ2n) is 7.95. The summed E-state index contributed by atoms with van der Waals surface area (Å²) in [4.78, 5) is 74.9. The van der Waals surface area contributed by atoms with Crippen LogP contribution in [0.3, 0.4) is 0 Å². The van der Waals surface area contributed by atoms with Crippen molar-refractivity contribution in [1.29, 1.82) is 5.41 Å². The number of amidine groups is 1. The largest absolute Gasteiger partial charge is 4.00 e. The number of aliphatic carboxylic acids is 4. The Morgan fingerprint density at radius 1 is 0.545 bits per heavy atom. The van der Waals surface area contributed by atoms with Crippen molar-refractivity contribution >= 4 is 52.8 Å². The van der Waals surface area contributed by atoms with Gasteiger partial charge < -0.3 is 59.5 Å². The van der Waals surface area contributed by atoms with Gasteiger partial charge >= 0.3 is 32.2 Å². The maximum atomic E-state index is 9.48. The molecule has 0 aromatic heterocycles. The fourth-order valence-electron chi connectivity index (χ4n) is 1.41. The zero-order chi connectivity index (χ0) is 35.2. The summed E-state index contributed by atoms with van der Waals surface area (Å²) >= 11 is 0. The average molecular weight is 714 g/mol. The minimum Gasteiger partial charge on any atom is -0.542 e. The fourth-order valence-corrected chi connectivity index (χ4v) is 1.41. The predicted octanol–water partition coefficient (Wildman–Crippen LogP) is -3.68. The van der Waals surface area contributed by atoms with Gasteiger partial charge in [0.25, 0.3) is 0 Å². The van der Waals surface area contributed by atoms with Gasteiger partial charge in [-0.05, 0) is 19.3 Å². The molecule has 18 heteroatoms. The van der Waals surface area contributed by atoms with E-state index in [4.69, 9.17) is 25.4 Å². The summed E-state index contributed by atoms with van der Waals surface area (Å²) in [5.41, 5.74) is 5.63. The Morgan fingerprint density at radius 2 is 0.705 bits per heavy atom. The molecule has 17 nitrogen and oxygen atoms in total. The maximum absolute atomic E-state index is 9.48. The number of carbonyl (C=O) groups is 8. The van der Waals surface area contributed by atoms with Crippen LogP contribution >= 0.6 is 0 Å². The molecule has 0 saturated carbocycles. The first-order valence-corrected chi connectivity index (χ1v) is 12.8. The van der Waals surface area contributed by atoms with Gasteiger partial charge in [-0.1, -0.05) is 40.0 Å². The van der Waals surface area contributed by atoms with Crippen LogP contribution in [0.15, 0.2) is 0 Å². The first-order chi connectivity index (χ1) is 19.7. The number of carboxylic acid groups (broad SMARTS) is 4. The van der Waals surface area contributed by atoms with Crippen LogP contribution in [0, 0.1) is 5.41 Å². The standard InChI is InChI=1S/C14H30N2O3.4C3H4O3.Zr/c1-4-7-10-17-14(13(15)16,18-11-8-5-2)19-12-9-6-3;4*1-2(4)3(5)6;/h4-12H2,1-3H3,(H3,15,16);4*1H3,(H,5,6);/q;;;;;+4/p-4. The molecule has 0 saturated heterocycles. The van der Waals surface area contributed by atoms with Crippen molar-refractivity contribution in [2.24, 2.45) is 5.73 Å². The quantitative estimate of drug-likeness (QED) is 0.0482. The van der Waals surface area contributed by atoms with Crippen LogP contribution in [0.2, 0.25) is 0 Å². The van der Waals surface area contributed by atoms with Crippen molar-refractivity contribution in [2.45, 2.75) is 93.0 Å². The number of hydrogen-bond acceptors (Lipinski definition) is 16. The van der Waals surface area contributed by atoms with Crippen molar-refractivity contribution in [3.8, 4) is 0 Å². The van der Waals surface area contributed by atoms with E-state index in [0.717, 1.165) is 66.2 Å². The molecule has 0 bridgehead atoms. The minimum absolute atomic E-state index is 0. The van der Waals surface area contributed by atoms with E-state index in [1.807, 2.05) is 0 Å². The van der Waals surface area contributed by atoms with Gasteiger partial charge in [0, 0.05) is 27.7 Å². The molecule has 0 aromatic rings. The summed E-state index contributed by atoms with van der Waals surface area (Å²) in [5.74, 6) is -12.0. The van der Waals surface area contributed by atoms with Gasteiger partial charge in [-0.2, -0.15) is 0 Å². The monoisotopic (exact) mass is 712 g/mol. The molecule has 0 aromatic carbocycles. The van der Waals surface area contributed by atoms with E-state index in [0.29, 0.717) is 19.8 Å². The Balaban J connectivity index is -0.000000118. The van der Waals surface area contributed by atoms with Crippen LogP contribution in [0.25, 0.3) is 0 Å². The van der Waals surface area contributed by atoms with E-state index in [-0.39, 0.29) is 32.0 Å². The molecule has 0 atom stereocenters. The van der Waals surface area contributed by atoms with Crippen molar-refractivity contribution in [3.05, 3.63) is 0 Å². The van der Waals surface area contributed by atoms with Crippen LogP contribution in [0.1, 0.15) is 87.0 Å². The Morgan fingerprint density at radius 3 is 0.795 bits per heavy atom. The number of rotatable bonds is 17. The third-order valence-electron chi connectivity index (χ3n) is 3.85. The fraction of sp³-hybridized carbons (Fsp3) is 0.654. The van der Waals surface area contributed by atoms with E-state index in [9.17, 15) is 58.8 Å². The smallest absolute Gasteiger partial charge is 0.542 e. The summed E-state index contributed by atoms with van der Waals surface area (Å²) in [6, 6.07) is 0. The van der Waals surface area contributed by atoms with Crippen molar-refractivity contribution in [1.82, 2.24) is 0 Å². The zero-order valence-corrected chi connectivity index (χ0v) is 28.5.